The van der Waals surface area contributed by atoms with Crippen LogP contribution < -0.4 is 10.6 Å². The van der Waals surface area contributed by atoms with Crippen molar-refractivity contribution in [1.82, 2.24) is 10.2 Å². The molecule has 22 heavy (non-hydrogen) atoms. The van der Waals surface area contributed by atoms with Gasteiger partial charge in [-0.25, -0.2) is 0 Å². The summed E-state index contributed by atoms with van der Waals surface area (Å²) in [6.07, 6.45) is 3.66. The maximum absolute atomic E-state index is 12.4. The van der Waals surface area contributed by atoms with Crippen molar-refractivity contribution in [3.8, 4) is 0 Å². The zero-order valence-electron chi connectivity index (χ0n) is 12.8. The number of benzene rings is 1. The molecule has 1 aromatic rings. The maximum Gasteiger partial charge on any atom is 0.255 e. The molecular formula is C16H22ClN3O2. The number of piperidine rings is 1. The molecule has 5 nitrogen and oxygen atoms in total. The maximum atomic E-state index is 12.4. The smallest absolute Gasteiger partial charge is 0.255 e. The van der Waals surface area contributed by atoms with Gasteiger partial charge in [0.05, 0.1) is 10.6 Å². The zero-order valence-corrected chi connectivity index (χ0v) is 13.6. The normalized spacial score (nSPS) is 14.7. The lowest BCUT2D eigenvalue weighted by atomic mass is 10.1. The Morgan fingerprint density at radius 2 is 1.95 bits per heavy atom. The topological polar surface area (TPSA) is 61.4 Å². The molecule has 2 rings (SSSR count). The molecule has 0 unspecified atom stereocenters. The van der Waals surface area contributed by atoms with Crippen molar-refractivity contribution in [1.29, 1.82) is 0 Å². The molecule has 1 aliphatic rings. The average molecular weight is 324 g/mol. The minimum atomic E-state index is -0.0828. The highest BCUT2D eigenvalue weighted by atomic mass is 35.5. The minimum Gasteiger partial charge on any atom is -0.339 e. The molecule has 0 atom stereocenters. The van der Waals surface area contributed by atoms with E-state index in [4.69, 9.17) is 11.6 Å². The first-order chi connectivity index (χ1) is 10.6. The molecule has 0 aliphatic carbocycles. The number of nitrogens with one attached hydrogen (secondary N) is 2. The van der Waals surface area contributed by atoms with Crippen LogP contribution in [0.3, 0.4) is 0 Å². The Morgan fingerprint density at radius 3 is 2.59 bits per heavy atom. The highest BCUT2D eigenvalue weighted by Crippen LogP contribution is 2.24. The summed E-state index contributed by atoms with van der Waals surface area (Å²) in [4.78, 5) is 26.0. The molecule has 1 heterocycles. The van der Waals surface area contributed by atoms with Crippen LogP contribution in [0.1, 0.15) is 36.0 Å². The Bertz CT molecular complexity index is 542. The molecular weight excluding hydrogens is 302 g/mol. The summed E-state index contributed by atoms with van der Waals surface area (Å²) in [5, 5.41) is 6.07. The lowest BCUT2D eigenvalue weighted by Crippen LogP contribution is -2.35. The van der Waals surface area contributed by atoms with E-state index in [-0.39, 0.29) is 11.8 Å². The number of carbonyl (C=O) groups is 2. The lowest BCUT2D eigenvalue weighted by Gasteiger charge is -2.27. The Hall–Kier alpha value is -1.59. The van der Waals surface area contributed by atoms with Gasteiger partial charge in [0.1, 0.15) is 0 Å². The summed E-state index contributed by atoms with van der Waals surface area (Å²) < 4.78 is 0. The Labute approximate surface area is 136 Å². The first kappa shape index (κ1) is 16.8. The van der Waals surface area contributed by atoms with Gasteiger partial charge in [-0.1, -0.05) is 11.6 Å². The molecule has 1 fully saturated rings. The van der Waals surface area contributed by atoms with Crippen molar-refractivity contribution in [3.05, 3.63) is 28.8 Å². The van der Waals surface area contributed by atoms with E-state index in [1.54, 1.807) is 25.2 Å². The standard InChI is InChI=1S/C16H22ClN3O2/c1-18-8-7-15(21)19-12-5-6-13(14(17)11-12)16(22)20-9-3-2-4-10-20/h5-6,11,18H,2-4,7-10H2,1H3,(H,19,21). The monoisotopic (exact) mass is 323 g/mol. The van der Waals surface area contributed by atoms with Gasteiger partial charge in [0.2, 0.25) is 5.91 Å². The number of anilines is 1. The van der Waals surface area contributed by atoms with E-state index in [2.05, 4.69) is 10.6 Å². The molecule has 120 valence electrons. The summed E-state index contributed by atoms with van der Waals surface area (Å²) in [7, 11) is 1.80. The summed E-state index contributed by atoms with van der Waals surface area (Å²) >= 11 is 6.22. The number of nitrogens with zero attached hydrogens (tertiary/aromatic N) is 1. The predicted octanol–water partition coefficient (Wildman–Crippen LogP) is 2.51. The molecule has 0 bridgehead atoms. The third kappa shape index (κ3) is 4.45. The number of amides is 2. The van der Waals surface area contributed by atoms with E-state index in [0.717, 1.165) is 25.9 Å². The van der Waals surface area contributed by atoms with E-state index >= 15 is 0 Å². The molecule has 1 aliphatic heterocycles. The van der Waals surface area contributed by atoms with E-state index in [1.807, 2.05) is 4.90 Å². The van der Waals surface area contributed by atoms with Crippen LogP contribution in [-0.2, 0) is 4.79 Å². The van der Waals surface area contributed by atoms with Crippen LogP contribution in [0.5, 0.6) is 0 Å². The quantitative estimate of drug-likeness (QED) is 0.875. The summed E-state index contributed by atoms with van der Waals surface area (Å²) in [6.45, 7) is 2.19. The molecule has 0 spiro atoms. The fourth-order valence-corrected chi connectivity index (χ4v) is 2.76. The predicted molar refractivity (Wildman–Crippen MR) is 88.4 cm³/mol. The number of hydrogen-bond donors (Lipinski definition) is 2. The van der Waals surface area contributed by atoms with Gasteiger partial charge < -0.3 is 15.5 Å². The van der Waals surface area contributed by atoms with Gasteiger partial charge in [-0.15, -0.1) is 0 Å². The van der Waals surface area contributed by atoms with E-state index in [0.29, 0.717) is 29.2 Å². The third-order valence-electron chi connectivity index (χ3n) is 3.73. The van der Waals surface area contributed by atoms with Crippen LogP contribution in [0.2, 0.25) is 5.02 Å². The molecule has 0 saturated carbocycles. The van der Waals surface area contributed by atoms with Crippen molar-refractivity contribution < 1.29 is 9.59 Å². The number of carbonyl (C=O) groups excluding carboxylic acids is 2. The summed E-state index contributed by atoms with van der Waals surface area (Å²) in [5.41, 5.74) is 1.11. The van der Waals surface area contributed by atoms with Gasteiger partial charge in [-0.05, 0) is 44.5 Å². The second-order valence-electron chi connectivity index (χ2n) is 5.45. The van der Waals surface area contributed by atoms with Crippen LogP contribution in [0.4, 0.5) is 5.69 Å². The van der Waals surface area contributed by atoms with Crippen molar-refractivity contribution in [2.75, 3.05) is 32.0 Å². The Morgan fingerprint density at radius 1 is 1.23 bits per heavy atom. The fraction of sp³-hybridized carbons (Fsp3) is 0.500. The largest absolute Gasteiger partial charge is 0.339 e. The number of rotatable bonds is 5. The van der Waals surface area contributed by atoms with Crippen molar-refractivity contribution in [2.45, 2.75) is 25.7 Å². The third-order valence-corrected chi connectivity index (χ3v) is 4.04. The average Bonchev–Trinajstić information content (AvgIpc) is 2.53. The van der Waals surface area contributed by atoms with Gasteiger partial charge in [-0.2, -0.15) is 0 Å². The zero-order chi connectivity index (χ0) is 15.9. The molecule has 2 amide bonds. The molecule has 0 radical (unpaired) electrons. The van der Waals surface area contributed by atoms with Crippen LogP contribution >= 0.6 is 11.6 Å². The molecule has 1 aromatic carbocycles. The van der Waals surface area contributed by atoms with Gasteiger partial charge in [0.15, 0.2) is 0 Å². The second kappa shape index (κ2) is 8.15. The SMILES string of the molecule is CNCCC(=O)Nc1ccc(C(=O)N2CCCCC2)c(Cl)c1. The molecule has 0 aromatic heterocycles. The van der Waals surface area contributed by atoms with Gasteiger partial charge in [-0.3, -0.25) is 9.59 Å². The van der Waals surface area contributed by atoms with Crippen LogP contribution in [0.25, 0.3) is 0 Å². The van der Waals surface area contributed by atoms with Gasteiger partial charge >= 0.3 is 0 Å². The minimum absolute atomic E-state index is 0.0299. The molecule has 2 N–H and O–H groups in total. The summed E-state index contributed by atoms with van der Waals surface area (Å²) in [6, 6.07) is 5.04. The molecule has 1 saturated heterocycles. The first-order valence-corrected chi connectivity index (χ1v) is 8.03. The van der Waals surface area contributed by atoms with Crippen molar-refractivity contribution in [2.24, 2.45) is 0 Å². The Kier molecular flexibility index (Phi) is 6.21. The summed E-state index contributed by atoms with van der Waals surface area (Å²) in [5.74, 6) is -0.113. The van der Waals surface area contributed by atoms with Gasteiger partial charge in [0.25, 0.3) is 5.91 Å². The highest BCUT2D eigenvalue weighted by molar-refractivity contribution is 6.34. The second-order valence-corrected chi connectivity index (χ2v) is 5.86. The number of likely N-dealkylation sites (tertiary alicyclic amines) is 1. The van der Waals surface area contributed by atoms with Crippen LogP contribution in [-0.4, -0.2) is 43.4 Å². The molecule has 6 heteroatoms. The van der Waals surface area contributed by atoms with E-state index in [9.17, 15) is 9.59 Å². The Balaban J connectivity index is 2.02. The highest BCUT2D eigenvalue weighted by Gasteiger charge is 2.20. The lowest BCUT2D eigenvalue weighted by molar-refractivity contribution is -0.116. The fourth-order valence-electron chi connectivity index (χ4n) is 2.50. The van der Waals surface area contributed by atoms with Crippen LogP contribution in [0, 0.1) is 0 Å². The van der Waals surface area contributed by atoms with Crippen molar-refractivity contribution >= 4 is 29.1 Å². The first-order valence-electron chi connectivity index (χ1n) is 7.65. The number of halogens is 1. The van der Waals surface area contributed by atoms with E-state index in [1.165, 1.54) is 6.42 Å². The van der Waals surface area contributed by atoms with Crippen LogP contribution in [0.15, 0.2) is 18.2 Å². The van der Waals surface area contributed by atoms with Gasteiger partial charge in [0, 0.05) is 31.7 Å². The van der Waals surface area contributed by atoms with E-state index < -0.39 is 0 Å². The number of hydrogen-bond acceptors (Lipinski definition) is 3. The van der Waals surface area contributed by atoms with Crippen molar-refractivity contribution in [3.63, 3.8) is 0 Å².